The Labute approximate surface area is 166 Å². The van der Waals surface area contributed by atoms with Gasteiger partial charge < -0.3 is 16.0 Å². The lowest BCUT2D eigenvalue weighted by molar-refractivity contribution is -0.128. The van der Waals surface area contributed by atoms with E-state index in [0.29, 0.717) is 12.8 Å². The van der Waals surface area contributed by atoms with E-state index >= 15 is 0 Å². The lowest BCUT2D eigenvalue weighted by atomic mass is 9.99. The summed E-state index contributed by atoms with van der Waals surface area (Å²) < 4.78 is 0. The third-order valence-corrected chi connectivity index (χ3v) is 5.56. The molecule has 1 fully saturated rings. The van der Waals surface area contributed by atoms with Gasteiger partial charge in [-0.3, -0.25) is 9.59 Å². The van der Waals surface area contributed by atoms with Gasteiger partial charge in [-0.25, -0.2) is 0 Å². The zero-order valence-electron chi connectivity index (χ0n) is 16.4. The SMILES string of the molecule is CN(C(=O)[C@H](Cc1ccccc1)NC(=O)C[C@@H]1CCC[C@H]1N)c1ccccc1. The van der Waals surface area contributed by atoms with Crippen molar-refractivity contribution in [2.75, 3.05) is 11.9 Å². The van der Waals surface area contributed by atoms with Crippen LogP contribution in [0.4, 0.5) is 5.69 Å². The number of anilines is 1. The van der Waals surface area contributed by atoms with E-state index in [4.69, 9.17) is 5.73 Å². The highest BCUT2D eigenvalue weighted by atomic mass is 16.2. The Balaban J connectivity index is 1.72. The molecule has 148 valence electrons. The van der Waals surface area contributed by atoms with E-state index in [1.165, 1.54) is 0 Å². The molecule has 3 rings (SSSR count). The number of nitrogens with one attached hydrogen (secondary N) is 1. The zero-order chi connectivity index (χ0) is 19.9. The maximum Gasteiger partial charge on any atom is 0.249 e. The summed E-state index contributed by atoms with van der Waals surface area (Å²) in [6.07, 6.45) is 3.87. The van der Waals surface area contributed by atoms with Crippen molar-refractivity contribution in [1.29, 1.82) is 0 Å². The van der Waals surface area contributed by atoms with Gasteiger partial charge in [-0.2, -0.15) is 0 Å². The molecule has 3 N–H and O–H groups in total. The van der Waals surface area contributed by atoms with Gasteiger partial charge in [0.1, 0.15) is 6.04 Å². The van der Waals surface area contributed by atoms with E-state index in [2.05, 4.69) is 5.32 Å². The lowest BCUT2D eigenvalue weighted by Gasteiger charge is -2.26. The number of likely N-dealkylation sites (N-methyl/N-ethyl adjacent to an activating group) is 1. The van der Waals surface area contributed by atoms with Gasteiger partial charge in [0.15, 0.2) is 0 Å². The molecule has 1 aliphatic carbocycles. The molecule has 5 heteroatoms. The normalized spacial score (nSPS) is 19.8. The minimum atomic E-state index is -0.613. The molecule has 28 heavy (non-hydrogen) atoms. The smallest absolute Gasteiger partial charge is 0.249 e. The molecule has 0 aromatic heterocycles. The van der Waals surface area contributed by atoms with E-state index in [9.17, 15) is 9.59 Å². The third kappa shape index (κ3) is 5.20. The molecule has 2 amide bonds. The van der Waals surface area contributed by atoms with Gasteiger partial charge in [0.2, 0.25) is 11.8 Å². The number of rotatable bonds is 7. The summed E-state index contributed by atoms with van der Waals surface area (Å²) in [5.41, 5.74) is 7.93. The van der Waals surface area contributed by atoms with E-state index in [-0.39, 0.29) is 23.8 Å². The van der Waals surface area contributed by atoms with Crippen molar-refractivity contribution in [1.82, 2.24) is 5.32 Å². The molecule has 2 aromatic carbocycles. The fraction of sp³-hybridized carbons (Fsp3) is 0.391. The Hall–Kier alpha value is -2.66. The molecule has 1 saturated carbocycles. The van der Waals surface area contributed by atoms with Gasteiger partial charge in [-0.15, -0.1) is 0 Å². The van der Waals surface area contributed by atoms with E-state index in [1.807, 2.05) is 60.7 Å². The molecular weight excluding hydrogens is 350 g/mol. The van der Waals surface area contributed by atoms with Crippen LogP contribution in [0.1, 0.15) is 31.2 Å². The van der Waals surface area contributed by atoms with Gasteiger partial charge in [-0.05, 0) is 36.5 Å². The Kier molecular flexibility index (Phi) is 6.82. The summed E-state index contributed by atoms with van der Waals surface area (Å²) in [5, 5.41) is 2.98. The Morgan fingerprint density at radius 2 is 1.71 bits per heavy atom. The molecule has 0 aliphatic heterocycles. The van der Waals surface area contributed by atoms with Crippen LogP contribution in [0, 0.1) is 5.92 Å². The average Bonchev–Trinajstić information content (AvgIpc) is 3.12. The number of nitrogens with two attached hydrogens (primary N) is 1. The van der Waals surface area contributed by atoms with Crippen LogP contribution >= 0.6 is 0 Å². The van der Waals surface area contributed by atoms with Gasteiger partial charge in [0, 0.05) is 31.6 Å². The Morgan fingerprint density at radius 3 is 2.32 bits per heavy atom. The maximum atomic E-state index is 13.2. The molecule has 0 spiro atoms. The highest BCUT2D eigenvalue weighted by Crippen LogP contribution is 2.26. The van der Waals surface area contributed by atoms with Gasteiger partial charge in [0.25, 0.3) is 0 Å². The second-order valence-corrected chi connectivity index (χ2v) is 7.60. The number of hydrogen-bond acceptors (Lipinski definition) is 3. The minimum Gasteiger partial charge on any atom is -0.344 e. The molecule has 0 saturated heterocycles. The number of carbonyl (C=O) groups is 2. The topological polar surface area (TPSA) is 75.4 Å². The molecular formula is C23H29N3O2. The lowest BCUT2D eigenvalue weighted by Crippen LogP contribution is -2.49. The maximum absolute atomic E-state index is 13.2. The Bertz CT molecular complexity index is 779. The average molecular weight is 380 g/mol. The van der Waals surface area contributed by atoms with Gasteiger partial charge >= 0.3 is 0 Å². The molecule has 1 aliphatic rings. The van der Waals surface area contributed by atoms with Crippen molar-refractivity contribution in [2.45, 2.75) is 44.2 Å². The number of para-hydroxylation sites is 1. The van der Waals surface area contributed by atoms with Crippen molar-refractivity contribution in [2.24, 2.45) is 11.7 Å². The first-order valence-electron chi connectivity index (χ1n) is 9.96. The number of benzene rings is 2. The van der Waals surface area contributed by atoms with Crippen LogP contribution in [-0.2, 0) is 16.0 Å². The molecule has 2 aromatic rings. The fourth-order valence-corrected chi connectivity index (χ4v) is 3.87. The van der Waals surface area contributed by atoms with Gasteiger partial charge in [-0.1, -0.05) is 55.0 Å². The van der Waals surface area contributed by atoms with Crippen molar-refractivity contribution < 1.29 is 9.59 Å². The summed E-state index contributed by atoms with van der Waals surface area (Å²) in [4.78, 5) is 27.4. The fourth-order valence-electron chi connectivity index (χ4n) is 3.87. The standard InChI is InChI=1S/C23H29N3O2/c1-26(19-12-6-3-7-13-19)23(28)21(15-17-9-4-2-5-10-17)25-22(27)16-18-11-8-14-20(18)24/h2-7,9-10,12-13,18,20-21H,8,11,14-16,24H2,1H3,(H,25,27)/t18-,20+,21-/m0/s1. The predicted octanol–water partition coefficient (Wildman–Crippen LogP) is 2.89. The van der Waals surface area contributed by atoms with Crippen molar-refractivity contribution >= 4 is 17.5 Å². The number of nitrogens with zero attached hydrogens (tertiary/aromatic N) is 1. The molecule has 0 radical (unpaired) electrons. The quantitative estimate of drug-likeness (QED) is 0.777. The van der Waals surface area contributed by atoms with Crippen LogP contribution in [0.5, 0.6) is 0 Å². The van der Waals surface area contributed by atoms with E-state index < -0.39 is 6.04 Å². The van der Waals surface area contributed by atoms with Crippen molar-refractivity contribution in [3.05, 3.63) is 66.2 Å². The van der Waals surface area contributed by atoms with Gasteiger partial charge in [0.05, 0.1) is 0 Å². The Morgan fingerprint density at radius 1 is 1.07 bits per heavy atom. The third-order valence-electron chi connectivity index (χ3n) is 5.56. The van der Waals surface area contributed by atoms with Crippen LogP contribution in [0.3, 0.4) is 0 Å². The van der Waals surface area contributed by atoms with Crippen LogP contribution in [0.25, 0.3) is 0 Å². The highest BCUT2D eigenvalue weighted by Gasteiger charge is 2.29. The number of amides is 2. The van der Waals surface area contributed by atoms with Crippen LogP contribution in [0.15, 0.2) is 60.7 Å². The molecule has 0 unspecified atom stereocenters. The highest BCUT2D eigenvalue weighted by molar-refractivity contribution is 5.99. The summed E-state index contributed by atoms with van der Waals surface area (Å²) in [7, 11) is 1.74. The summed E-state index contributed by atoms with van der Waals surface area (Å²) in [5.74, 6) is -0.0171. The first-order chi connectivity index (χ1) is 13.5. The minimum absolute atomic E-state index is 0.0843. The number of carbonyl (C=O) groups excluding carboxylic acids is 2. The zero-order valence-corrected chi connectivity index (χ0v) is 16.4. The number of hydrogen-bond donors (Lipinski definition) is 2. The van der Waals surface area contributed by atoms with Crippen molar-refractivity contribution in [3.8, 4) is 0 Å². The first kappa shape index (κ1) is 20.1. The summed E-state index contributed by atoms with van der Waals surface area (Å²) in [6.45, 7) is 0. The second-order valence-electron chi connectivity index (χ2n) is 7.60. The van der Waals surface area contributed by atoms with Crippen LogP contribution < -0.4 is 16.0 Å². The monoisotopic (exact) mass is 379 g/mol. The largest absolute Gasteiger partial charge is 0.344 e. The van der Waals surface area contributed by atoms with Crippen molar-refractivity contribution in [3.63, 3.8) is 0 Å². The summed E-state index contributed by atoms with van der Waals surface area (Å²) >= 11 is 0. The molecule has 0 bridgehead atoms. The molecule has 5 nitrogen and oxygen atoms in total. The van der Waals surface area contributed by atoms with E-state index in [1.54, 1.807) is 11.9 Å². The summed E-state index contributed by atoms with van der Waals surface area (Å²) in [6, 6.07) is 18.7. The predicted molar refractivity (Wildman–Crippen MR) is 112 cm³/mol. The van der Waals surface area contributed by atoms with Crippen LogP contribution in [0.2, 0.25) is 0 Å². The first-order valence-corrected chi connectivity index (χ1v) is 9.96. The van der Waals surface area contributed by atoms with E-state index in [0.717, 1.165) is 30.5 Å². The second kappa shape index (κ2) is 9.51. The van der Waals surface area contributed by atoms with Crippen LogP contribution in [-0.4, -0.2) is 30.9 Å². The molecule has 3 atom stereocenters. The molecule has 0 heterocycles.